The van der Waals surface area contributed by atoms with E-state index in [4.69, 9.17) is 0 Å². The Bertz CT molecular complexity index is 1090. The lowest BCUT2D eigenvalue weighted by Crippen LogP contribution is -2.41. The third kappa shape index (κ3) is 7.14. The van der Waals surface area contributed by atoms with Gasteiger partial charge in [-0.1, -0.05) is 54.6 Å². The summed E-state index contributed by atoms with van der Waals surface area (Å²) in [5.41, 5.74) is 4.65. The summed E-state index contributed by atoms with van der Waals surface area (Å²) in [4.78, 5) is 25.9. The van der Waals surface area contributed by atoms with Gasteiger partial charge in [-0.15, -0.1) is 11.8 Å². The number of carbonyl (C=O) groups is 2. The molecule has 0 fully saturated rings. The molecule has 4 nitrogen and oxygen atoms in total. The van der Waals surface area contributed by atoms with E-state index in [9.17, 15) is 14.7 Å². The van der Waals surface area contributed by atoms with Crippen LogP contribution in [0.3, 0.4) is 0 Å². The van der Waals surface area contributed by atoms with Crippen molar-refractivity contribution in [3.8, 4) is 11.1 Å². The van der Waals surface area contributed by atoms with Crippen LogP contribution in [-0.4, -0.2) is 40.8 Å². The Balaban J connectivity index is 1.85. The average molecular weight is 480 g/mol. The van der Waals surface area contributed by atoms with Crippen molar-refractivity contribution in [2.75, 3.05) is 17.8 Å². The van der Waals surface area contributed by atoms with Crippen LogP contribution in [0.4, 0.5) is 0 Å². The fraction of sp³-hybridized carbons (Fsp3) is 0.259. The molecule has 0 bridgehead atoms. The number of carboxylic acids is 1. The molecule has 0 aliphatic carbocycles. The zero-order valence-electron chi connectivity index (χ0n) is 18.9. The maximum atomic E-state index is 13.2. The van der Waals surface area contributed by atoms with Crippen molar-refractivity contribution in [1.29, 1.82) is 0 Å². The van der Waals surface area contributed by atoms with Crippen molar-refractivity contribution in [3.05, 3.63) is 89.5 Å². The number of carbonyl (C=O) groups excluding carboxylic acids is 1. The summed E-state index contributed by atoms with van der Waals surface area (Å²) in [6.07, 6.45) is 3.27. The second-order valence-electron chi connectivity index (χ2n) is 7.75. The molecule has 3 aromatic rings. The number of amides is 1. The normalized spacial score (nSPS) is 11.7. The molecule has 2 N–H and O–H groups in total. The average Bonchev–Trinajstić information content (AvgIpc) is 2.82. The largest absolute Gasteiger partial charge is 0.480 e. The van der Waals surface area contributed by atoms with E-state index in [-0.39, 0.29) is 5.91 Å². The van der Waals surface area contributed by atoms with Crippen LogP contribution in [-0.2, 0) is 11.2 Å². The quantitative estimate of drug-likeness (QED) is 0.334. The highest BCUT2D eigenvalue weighted by Gasteiger charge is 2.22. The number of aliphatic carboxylic acids is 1. The van der Waals surface area contributed by atoms with Crippen LogP contribution in [0, 0.1) is 6.92 Å². The van der Waals surface area contributed by atoms with E-state index in [2.05, 4.69) is 17.4 Å². The van der Waals surface area contributed by atoms with Gasteiger partial charge in [0, 0.05) is 16.2 Å². The van der Waals surface area contributed by atoms with Crippen molar-refractivity contribution in [1.82, 2.24) is 5.32 Å². The molecule has 33 heavy (non-hydrogen) atoms. The van der Waals surface area contributed by atoms with E-state index in [1.54, 1.807) is 23.5 Å². The van der Waals surface area contributed by atoms with Gasteiger partial charge in [-0.3, -0.25) is 4.79 Å². The van der Waals surface area contributed by atoms with Crippen LogP contribution in [0.1, 0.15) is 27.9 Å². The molecule has 0 heterocycles. The van der Waals surface area contributed by atoms with Crippen molar-refractivity contribution in [2.45, 2.75) is 30.7 Å². The molecule has 1 atom stereocenters. The van der Waals surface area contributed by atoms with Crippen molar-refractivity contribution in [2.24, 2.45) is 0 Å². The third-order valence-electron chi connectivity index (χ3n) is 5.39. The van der Waals surface area contributed by atoms with Gasteiger partial charge >= 0.3 is 5.97 Å². The lowest BCUT2D eigenvalue weighted by Gasteiger charge is -2.17. The number of aryl methyl sites for hydroxylation is 2. The number of hydrogen-bond donors (Lipinski definition) is 2. The van der Waals surface area contributed by atoms with Gasteiger partial charge in [0.1, 0.15) is 6.04 Å². The summed E-state index contributed by atoms with van der Waals surface area (Å²) in [7, 11) is 0. The Labute approximate surface area is 204 Å². The van der Waals surface area contributed by atoms with E-state index < -0.39 is 12.0 Å². The number of rotatable bonds is 11. The van der Waals surface area contributed by atoms with Crippen LogP contribution in [0.25, 0.3) is 11.1 Å². The van der Waals surface area contributed by atoms with Gasteiger partial charge in [0.05, 0.1) is 0 Å². The summed E-state index contributed by atoms with van der Waals surface area (Å²) in [6, 6.07) is 23.2. The molecule has 0 radical (unpaired) electrons. The Morgan fingerprint density at radius 1 is 0.939 bits per heavy atom. The van der Waals surface area contributed by atoms with Crippen LogP contribution < -0.4 is 5.32 Å². The van der Waals surface area contributed by atoms with Gasteiger partial charge in [-0.25, -0.2) is 4.79 Å². The van der Waals surface area contributed by atoms with Gasteiger partial charge < -0.3 is 10.4 Å². The first-order valence-electron chi connectivity index (χ1n) is 10.9. The van der Waals surface area contributed by atoms with E-state index in [1.165, 1.54) is 5.56 Å². The number of carboxylic acid groups (broad SMARTS) is 1. The second kappa shape index (κ2) is 12.5. The Morgan fingerprint density at radius 3 is 2.36 bits per heavy atom. The number of hydrogen-bond acceptors (Lipinski definition) is 4. The summed E-state index contributed by atoms with van der Waals surface area (Å²) in [6.45, 7) is 2.02. The molecule has 172 valence electrons. The summed E-state index contributed by atoms with van der Waals surface area (Å²) in [5, 5.41) is 12.3. The number of nitrogens with one attached hydrogen (secondary N) is 1. The molecule has 0 aliphatic rings. The first-order chi connectivity index (χ1) is 16.0. The minimum atomic E-state index is -1.01. The van der Waals surface area contributed by atoms with Gasteiger partial charge in [-0.05, 0) is 72.2 Å². The fourth-order valence-electron chi connectivity index (χ4n) is 3.57. The highest BCUT2D eigenvalue weighted by Crippen LogP contribution is 2.32. The highest BCUT2D eigenvalue weighted by atomic mass is 32.2. The molecule has 0 aliphatic heterocycles. The predicted octanol–water partition coefficient (Wildman–Crippen LogP) is 5.93. The van der Waals surface area contributed by atoms with Gasteiger partial charge in [-0.2, -0.15) is 11.8 Å². The van der Waals surface area contributed by atoms with Crippen LogP contribution in [0.5, 0.6) is 0 Å². The van der Waals surface area contributed by atoms with Crippen LogP contribution >= 0.6 is 23.5 Å². The Morgan fingerprint density at radius 2 is 1.67 bits per heavy atom. The van der Waals surface area contributed by atoms with E-state index in [0.29, 0.717) is 17.7 Å². The molecule has 0 unspecified atom stereocenters. The lowest BCUT2D eigenvalue weighted by molar-refractivity contribution is -0.139. The SMILES string of the molecule is CSCC[C@H](NC(=O)c1ccc(SCCc2ccccc2)cc1-c1ccccc1C)C(=O)O. The van der Waals surface area contributed by atoms with Gasteiger partial charge in [0.15, 0.2) is 0 Å². The zero-order valence-corrected chi connectivity index (χ0v) is 20.5. The molecule has 0 saturated heterocycles. The highest BCUT2D eigenvalue weighted by molar-refractivity contribution is 7.99. The molecule has 0 aromatic heterocycles. The van der Waals surface area contributed by atoms with Crippen LogP contribution in [0.15, 0.2) is 77.7 Å². The molecule has 6 heteroatoms. The van der Waals surface area contributed by atoms with Crippen molar-refractivity contribution < 1.29 is 14.7 Å². The van der Waals surface area contributed by atoms with Crippen molar-refractivity contribution in [3.63, 3.8) is 0 Å². The van der Waals surface area contributed by atoms with E-state index in [1.807, 2.05) is 73.8 Å². The zero-order chi connectivity index (χ0) is 23.6. The summed E-state index contributed by atoms with van der Waals surface area (Å²) >= 11 is 3.31. The monoisotopic (exact) mass is 479 g/mol. The van der Waals surface area contributed by atoms with E-state index >= 15 is 0 Å². The van der Waals surface area contributed by atoms with E-state index in [0.717, 1.165) is 33.8 Å². The molecule has 0 spiro atoms. The maximum Gasteiger partial charge on any atom is 0.326 e. The molecule has 1 amide bonds. The molecule has 3 rings (SSSR count). The third-order valence-corrected chi connectivity index (χ3v) is 7.03. The molecule has 0 saturated carbocycles. The molecule has 3 aromatic carbocycles. The second-order valence-corrected chi connectivity index (χ2v) is 9.91. The summed E-state index contributed by atoms with van der Waals surface area (Å²) < 4.78 is 0. The smallest absolute Gasteiger partial charge is 0.326 e. The Kier molecular flexibility index (Phi) is 9.46. The first-order valence-corrected chi connectivity index (χ1v) is 13.3. The number of benzene rings is 3. The van der Waals surface area contributed by atoms with Crippen molar-refractivity contribution >= 4 is 35.4 Å². The topological polar surface area (TPSA) is 66.4 Å². The van der Waals surface area contributed by atoms with Crippen LogP contribution in [0.2, 0.25) is 0 Å². The predicted molar refractivity (Wildman–Crippen MR) is 139 cm³/mol. The first kappa shape index (κ1) is 24.9. The fourth-order valence-corrected chi connectivity index (χ4v) is 4.98. The number of thioether (sulfide) groups is 2. The summed E-state index contributed by atoms with van der Waals surface area (Å²) in [5.74, 6) is 0.225. The Hall–Kier alpha value is -2.70. The van der Waals surface area contributed by atoms with Gasteiger partial charge in [0.25, 0.3) is 5.91 Å². The molecular weight excluding hydrogens is 450 g/mol. The molecular formula is C27H29NO3S2. The standard InChI is InChI=1S/C27H29NO3S2/c1-19-8-6-7-11-22(19)24-18-21(33-17-14-20-9-4-3-5-10-20)12-13-23(24)26(29)28-25(27(30)31)15-16-32-2/h3-13,18,25H,14-17H2,1-2H3,(H,28,29)(H,30,31)/t25-/m0/s1. The van der Waals surface area contributed by atoms with Gasteiger partial charge in [0.2, 0.25) is 0 Å². The maximum absolute atomic E-state index is 13.2. The minimum absolute atomic E-state index is 0.359. The minimum Gasteiger partial charge on any atom is -0.480 e. The lowest BCUT2D eigenvalue weighted by atomic mass is 9.95.